The molecule has 130 valence electrons. The van der Waals surface area contributed by atoms with Gasteiger partial charge in [0.2, 0.25) is 0 Å². The van der Waals surface area contributed by atoms with Gasteiger partial charge in [0.1, 0.15) is 6.61 Å². The highest BCUT2D eigenvalue weighted by molar-refractivity contribution is 6.34. The van der Waals surface area contributed by atoms with Gasteiger partial charge in [0.25, 0.3) is 0 Å². The number of amides is 2. The summed E-state index contributed by atoms with van der Waals surface area (Å²) < 4.78 is 11.1. The highest BCUT2D eigenvalue weighted by Gasteiger charge is 2.09. The molecule has 2 amide bonds. The lowest BCUT2D eigenvalue weighted by Gasteiger charge is -2.11. The number of hydrogen-bond donors (Lipinski definition) is 2. The van der Waals surface area contributed by atoms with Gasteiger partial charge < -0.3 is 14.8 Å². The van der Waals surface area contributed by atoms with Gasteiger partial charge in [-0.2, -0.15) is 5.10 Å². The summed E-state index contributed by atoms with van der Waals surface area (Å²) in [6.07, 6.45) is 1.41. The van der Waals surface area contributed by atoms with Crippen LogP contribution in [0.2, 0.25) is 0 Å². The first-order chi connectivity index (χ1) is 12.1. The Kier molecular flexibility index (Phi) is 6.53. The van der Waals surface area contributed by atoms with Crippen molar-refractivity contribution in [2.75, 3.05) is 14.2 Å². The van der Waals surface area contributed by atoms with E-state index >= 15 is 0 Å². The largest absolute Gasteiger partial charge is 0.493 e. The van der Waals surface area contributed by atoms with Gasteiger partial charge in [-0.15, -0.1) is 0 Å². The lowest BCUT2D eigenvalue weighted by Crippen LogP contribution is -2.35. The van der Waals surface area contributed by atoms with Crippen LogP contribution in [0.25, 0.3) is 0 Å². The Hall–Kier alpha value is -3.35. The number of hydrogen-bond acceptors (Lipinski definition) is 5. The summed E-state index contributed by atoms with van der Waals surface area (Å²) in [5.74, 6) is -0.469. The van der Waals surface area contributed by atoms with E-state index in [1.165, 1.54) is 13.3 Å². The molecule has 7 heteroatoms. The minimum atomic E-state index is -0.839. The van der Waals surface area contributed by atoms with Gasteiger partial charge in [0, 0.05) is 7.05 Å². The van der Waals surface area contributed by atoms with Crippen molar-refractivity contribution in [3.8, 4) is 11.5 Å². The summed E-state index contributed by atoms with van der Waals surface area (Å²) in [4.78, 5) is 22.3. The molecule has 0 aliphatic rings. The fourth-order valence-corrected chi connectivity index (χ4v) is 1.95. The molecular formula is C18H19N3O4. The van der Waals surface area contributed by atoms with Gasteiger partial charge in [-0.1, -0.05) is 30.3 Å². The Morgan fingerprint density at radius 2 is 1.84 bits per heavy atom. The molecule has 0 fully saturated rings. The minimum absolute atomic E-state index is 0.423. The molecule has 2 N–H and O–H groups in total. The van der Waals surface area contributed by atoms with Gasteiger partial charge in [-0.3, -0.25) is 9.59 Å². The van der Waals surface area contributed by atoms with Crippen LogP contribution in [0.4, 0.5) is 0 Å². The minimum Gasteiger partial charge on any atom is -0.493 e. The number of hydrazone groups is 1. The van der Waals surface area contributed by atoms with Crippen LogP contribution < -0.4 is 20.2 Å². The van der Waals surface area contributed by atoms with Gasteiger partial charge in [0.15, 0.2) is 11.5 Å². The van der Waals surface area contributed by atoms with Crippen LogP contribution in [0.3, 0.4) is 0 Å². The molecule has 2 aromatic carbocycles. The standard InChI is InChI=1S/C18H19N3O4/c1-19-17(22)18(23)21-20-11-14-8-9-15(16(10-14)24-2)25-12-13-6-4-3-5-7-13/h3-11H,12H2,1-2H3,(H,19,22)(H,21,23)/b20-11-. The van der Waals surface area contributed by atoms with Crippen molar-refractivity contribution in [1.29, 1.82) is 0 Å². The van der Waals surface area contributed by atoms with Crippen LogP contribution in [-0.2, 0) is 16.2 Å². The molecule has 0 heterocycles. The molecule has 0 aliphatic carbocycles. The van der Waals surface area contributed by atoms with Crippen LogP contribution in [0.5, 0.6) is 11.5 Å². The van der Waals surface area contributed by atoms with Gasteiger partial charge in [-0.05, 0) is 29.3 Å². The number of ether oxygens (including phenoxy) is 2. The van der Waals surface area contributed by atoms with Crippen LogP contribution >= 0.6 is 0 Å². The fraction of sp³-hybridized carbons (Fsp3) is 0.167. The Morgan fingerprint density at radius 3 is 2.52 bits per heavy atom. The SMILES string of the molecule is CNC(=O)C(=O)N/N=C\c1ccc(OCc2ccccc2)c(OC)c1. The van der Waals surface area contributed by atoms with Crippen molar-refractivity contribution in [1.82, 2.24) is 10.7 Å². The Bertz CT molecular complexity index is 760. The van der Waals surface area contributed by atoms with Crippen molar-refractivity contribution in [3.05, 3.63) is 59.7 Å². The molecule has 2 aromatic rings. The van der Waals surface area contributed by atoms with E-state index in [0.717, 1.165) is 5.56 Å². The van der Waals surface area contributed by atoms with Crippen LogP contribution in [-0.4, -0.2) is 32.2 Å². The highest BCUT2D eigenvalue weighted by Crippen LogP contribution is 2.28. The molecule has 25 heavy (non-hydrogen) atoms. The number of nitrogens with one attached hydrogen (secondary N) is 2. The van der Waals surface area contributed by atoms with E-state index in [1.54, 1.807) is 25.3 Å². The topological polar surface area (TPSA) is 89.0 Å². The molecule has 0 aromatic heterocycles. The van der Waals surface area contributed by atoms with Crippen LogP contribution in [0.1, 0.15) is 11.1 Å². The van der Waals surface area contributed by atoms with E-state index in [0.29, 0.717) is 23.7 Å². The number of nitrogens with zero attached hydrogens (tertiary/aromatic N) is 1. The maximum atomic E-state index is 11.3. The fourth-order valence-electron chi connectivity index (χ4n) is 1.95. The number of likely N-dealkylation sites (N-methyl/N-ethyl adjacent to an activating group) is 1. The number of methoxy groups -OCH3 is 1. The Morgan fingerprint density at radius 1 is 1.08 bits per heavy atom. The zero-order valence-corrected chi connectivity index (χ0v) is 14.0. The van der Waals surface area contributed by atoms with E-state index in [2.05, 4.69) is 15.8 Å². The molecule has 0 atom stereocenters. The summed E-state index contributed by atoms with van der Waals surface area (Å²) in [6, 6.07) is 15.0. The Labute approximate surface area is 145 Å². The molecule has 0 aliphatic heterocycles. The van der Waals surface area contributed by atoms with E-state index in [4.69, 9.17) is 9.47 Å². The van der Waals surface area contributed by atoms with Gasteiger partial charge in [0.05, 0.1) is 13.3 Å². The quantitative estimate of drug-likeness (QED) is 0.473. The first kappa shape index (κ1) is 18.0. The Balaban J connectivity index is 2.00. The molecule has 0 saturated carbocycles. The average molecular weight is 341 g/mol. The molecule has 2 rings (SSSR count). The van der Waals surface area contributed by atoms with Crippen LogP contribution in [0, 0.1) is 0 Å². The predicted molar refractivity (Wildman–Crippen MR) is 93.6 cm³/mol. The van der Waals surface area contributed by atoms with Crippen molar-refractivity contribution in [2.45, 2.75) is 6.61 Å². The van der Waals surface area contributed by atoms with Crippen molar-refractivity contribution in [2.24, 2.45) is 5.10 Å². The third-order valence-corrected chi connectivity index (χ3v) is 3.24. The second kappa shape index (κ2) is 9.07. The lowest BCUT2D eigenvalue weighted by molar-refractivity contribution is -0.138. The first-order valence-electron chi connectivity index (χ1n) is 7.54. The second-order valence-electron chi connectivity index (χ2n) is 4.96. The van der Waals surface area contributed by atoms with Gasteiger partial charge in [-0.25, -0.2) is 5.43 Å². The van der Waals surface area contributed by atoms with Crippen molar-refractivity contribution >= 4 is 18.0 Å². The molecule has 0 unspecified atom stereocenters. The molecule has 0 bridgehead atoms. The maximum Gasteiger partial charge on any atom is 0.329 e. The second-order valence-corrected chi connectivity index (χ2v) is 4.96. The molecule has 0 spiro atoms. The van der Waals surface area contributed by atoms with Gasteiger partial charge >= 0.3 is 11.8 Å². The summed E-state index contributed by atoms with van der Waals surface area (Å²) in [5.41, 5.74) is 3.86. The summed E-state index contributed by atoms with van der Waals surface area (Å²) in [5, 5.41) is 5.93. The zero-order chi connectivity index (χ0) is 18.1. The van der Waals surface area contributed by atoms with Crippen molar-refractivity contribution in [3.63, 3.8) is 0 Å². The number of carbonyl (C=O) groups is 2. The number of rotatable bonds is 6. The third kappa shape index (κ3) is 5.35. The average Bonchev–Trinajstić information content (AvgIpc) is 2.66. The first-order valence-corrected chi connectivity index (χ1v) is 7.54. The summed E-state index contributed by atoms with van der Waals surface area (Å²) in [7, 11) is 2.91. The third-order valence-electron chi connectivity index (χ3n) is 3.24. The number of benzene rings is 2. The summed E-state index contributed by atoms with van der Waals surface area (Å²) in [6.45, 7) is 0.423. The molecule has 0 radical (unpaired) electrons. The van der Waals surface area contributed by atoms with E-state index < -0.39 is 11.8 Å². The molecular weight excluding hydrogens is 322 g/mol. The smallest absolute Gasteiger partial charge is 0.329 e. The predicted octanol–water partition coefficient (Wildman–Crippen LogP) is 1.47. The summed E-state index contributed by atoms with van der Waals surface area (Å²) >= 11 is 0. The highest BCUT2D eigenvalue weighted by atomic mass is 16.5. The van der Waals surface area contributed by atoms with E-state index in [-0.39, 0.29) is 0 Å². The number of carbonyl (C=O) groups excluding carboxylic acids is 2. The van der Waals surface area contributed by atoms with Crippen LogP contribution in [0.15, 0.2) is 53.6 Å². The maximum absolute atomic E-state index is 11.3. The normalized spacial score (nSPS) is 10.3. The molecule has 0 saturated heterocycles. The zero-order valence-electron chi connectivity index (χ0n) is 14.0. The van der Waals surface area contributed by atoms with E-state index in [9.17, 15) is 9.59 Å². The monoisotopic (exact) mass is 341 g/mol. The van der Waals surface area contributed by atoms with Crippen molar-refractivity contribution < 1.29 is 19.1 Å². The van der Waals surface area contributed by atoms with E-state index in [1.807, 2.05) is 30.3 Å². The lowest BCUT2D eigenvalue weighted by atomic mass is 10.2. The molecule has 7 nitrogen and oxygen atoms in total.